The minimum atomic E-state index is -3.80. The highest BCUT2D eigenvalue weighted by atomic mass is 32.2. The molecule has 0 aliphatic carbocycles. The Morgan fingerprint density at radius 3 is 2.26 bits per heavy atom. The van der Waals surface area contributed by atoms with Crippen molar-refractivity contribution >= 4 is 32.5 Å². The zero-order valence-corrected chi connectivity index (χ0v) is 22.8. The van der Waals surface area contributed by atoms with Gasteiger partial charge in [0.2, 0.25) is 0 Å². The lowest BCUT2D eigenvalue weighted by atomic mass is 9.87. The second kappa shape index (κ2) is 10.3. The fourth-order valence-corrected chi connectivity index (χ4v) is 5.95. The van der Waals surface area contributed by atoms with Crippen LogP contribution in [0, 0.1) is 0 Å². The summed E-state index contributed by atoms with van der Waals surface area (Å²) in [6.45, 7) is 8.03. The van der Waals surface area contributed by atoms with Crippen LogP contribution in [-0.4, -0.2) is 38.4 Å². The summed E-state index contributed by atoms with van der Waals surface area (Å²) in [5, 5.41) is 7.26. The number of aromatic amines is 1. The summed E-state index contributed by atoms with van der Waals surface area (Å²) in [5.74, 6) is -0.159. The first-order valence-corrected chi connectivity index (χ1v) is 14.5. The molecule has 1 amide bonds. The van der Waals surface area contributed by atoms with Crippen molar-refractivity contribution in [3.05, 3.63) is 84.1 Å². The smallest absolute Gasteiger partial charge is 0.268 e. The van der Waals surface area contributed by atoms with E-state index in [0.29, 0.717) is 11.4 Å². The van der Waals surface area contributed by atoms with E-state index in [-0.39, 0.29) is 22.3 Å². The molecule has 0 spiro atoms. The van der Waals surface area contributed by atoms with Crippen LogP contribution in [0.15, 0.2) is 77.7 Å². The minimum Gasteiger partial charge on any atom is -0.350 e. The molecule has 198 valence electrons. The van der Waals surface area contributed by atoms with Crippen molar-refractivity contribution in [1.29, 1.82) is 0 Å². The first-order valence-electron chi connectivity index (χ1n) is 13.0. The lowest BCUT2D eigenvalue weighted by molar-refractivity contribution is 0.0926. The molecule has 38 heavy (non-hydrogen) atoms. The Morgan fingerprint density at radius 2 is 1.61 bits per heavy atom. The Bertz CT molecular complexity index is 1550. The van der Waals surface area contributed by atoms with E-state index >= 15 is 0 Å². The number of fused-ring (bicyclic) bond motifs is 1. The Labute approximate surface area is 224 Å². The molecule has 0 bridgehead atoms. The van der Waals surface area contributed by atoms with E-state index < -0.39 is 10.0 Å². The van der Waals surface area contributed by atoms with Crippen molar-refractivity contribution in [3.8, 4) is 11.1 Å². The van der Waals surface area contributed by atoms with Gasteiger partial charge in [-0.05, 0) is 72.8 Å². The van der Waals surface area contributed by atoms with Crippen LogP contribution in [0.5, 0.6) is 0 Å². The molecule has 7 nitrogen and oxygen atoms in total. The summed E-state index contributed by atoms with van der Waals surface area (Å²) < 4.78 is 29.1. The Morgan fingerprint density at radius 1 is 0.921 bits per heavy atom. The molecule has 0 saturated carbocycles. The maximum Gasteiger partial charge on any atom is 0.268 e. The summed E-state index contributed by atoms with van der Waals surface area (Å²) in [5.41, 5.74) is 4.29. The van der Waals surface area contributed by atoms with E-state index in [4.69, 9.17) is 0 Å². The first kappa shape index (κ1) is 26.0. The lowest BCUT2D eigenvalue weighted by Gasteiger charge is -2.23. The van der Waals surface area contributed by atoms with Crippen molar-refractivity contribution < 1.29 is 13.2 Å². The van der Waals surface area contributed by atoms with Gasteiger partial charge < -0.3 is 15.6 Å². The van der Waals surface area contributed by atoms with E-state index in [0.717, 1.165) is 53.5 Å². The number of hydrogen-bond acceptors (Lipinski definition) is 4. The zero-order valence-electron chi connectivity index (χ0n) is 22.0. The number of hydrogen-bond donors (Lipinski definition) is 4. The number of amides is 1. The largest absolute Gasteiger partial charge is 0.350 e. The second-order valence-electron chi connectivity index (χ2n) is 10.9. The number of carbonyl (C=O) groups is 1. The highest BCUT2D eigenvalue weighted by molar-refractivity contribution is 7.92. The standard InChI is InChI=1S/C30H34N4O3S/c1-30(2,3)21-9-12-24(13-10-21)38(36,37)34-23-11-14-26-25(19-23)27(20-7-5-4-6-8-20)28(33-26)29(35)32-22-15-17-31-18-16-22/h4-14,19,22,31,33-34H,15-18H2,1-3H3,(H,32,35). The number of H-pyrrole nitrogens is 1. The molecule has 2 heterocycles. The number of aromatic nitrogens is 1. The van der Waals surface area contributed by atoms with Gasteiger partial charge in [0.05, 0.1) is 4.90 Å². The van der Waals surface area contributed by atoms with Gasteiger partial charge >= 0.3 is 0 Å². The average Bonchev–Trinajstić information content (AvgIpc) is 3.28. The number of rotatable bonds is 6. The maximum atomic E-state index is 13.4. The molecule has 0 radical (unpaired) electrons. The van der Waals surface area contributed by atoms with Gasteiger partial charge in [0, 0.05) is 28.2 Å². The van der Waals surface area contributed by atoms with Gasteiger partial charge in [-0.3, -0.25) is 9.52 Å². The van der Waals surface area contributed by atoms with Crippen molar-refractivity contribution in [1.82, 2.24) is 15.6 Å². The zero-order chi connectivity index (χ0) is 26.9. The number of sulfonamides is 1. The lowest BCUT2D eigenvalue weighted by Crippen LogP contribution is -2.42. The minimum absolute atomic E-state index is 0.0687. The van der Waals surface area contributed by atoms with E-state index in [1.807, 2.05) is 48.5 Å². The molecule has 1 aromatic heterocycles. The number of carbonyl (C=O) groups excluding carboxylic acids is 1. The third-order valence-corrected chi connectivity index (χ3v) is 8.44. The van der Waals surface area contributed by atoms with Gasteiger partial charge in [0.15, 0.2) is 0 Å². The molecule has 0 unspecified atom stereocenters. The molecule has 1 fully saturated rings. The van der Waals surface area contributed by atoms with E-state index in [9.17, 15) is 13.2 Å². The normalized spacial score (nSPS) is 14.9. The topological polar surface area (TPSA) is 103 Å². The SMILES string of the molecule is CC(C)(C)c1ccc(S(=O)(=O)Nc2ccc3[nH]c(C(=O)NC4CCNCC4)c(-c4ccccc4)c3c2)cc1. The van der Waals surface area contributed by atoms with Crippen LogP contribution in [0.4, 0.5) is 5.69 Å². The van der Waals surface area contributed by atoms with Crippen molar-refractivity contribution in [2.45, 2.75) is 50.0 Å². The van der Waals surface area contributed by atoms with Gasteiger partial charge in [-0.25, -0.2) is 8.42 Å². The molecule has 8 heteroatoms. The molecule has 3 aromatic carbocycles. The predicted octanol–water partition coefficient (Wildman–Crippen LogP) is 5.42. The van der Waals surface area contributed by atoms with Crippen molar-refractivity contribution in [2.24, 2.45) is 0 Å². The molecule has 4 N–H and O–H groups in total. The van der Waals surface area contributed by atoms with Gasteiger partial charge in [0.1, 0.15) is 5.69 Å². The fourth-order valence-electron chi connectivity index (χ4n) is 4.90. The number of piperidine rings is 1. The maximum absolute atomic E-state index is 13.4. The van der Waals surface area contributed by atoms with Crippen LogP contribution < -0.4 is 15.4 Å². The van der Waals surface area contributed by atoms with Crippen LogP contribution >= 0.6 is 0 Å². The van der Waals surface area contributed by atoms with Crippen LogP contribution in [0.25, 0.3) is 22.0 Å². The fraction of sp³-hybridized carbons (Fsp3) is 0.300. The molecule has 0 atom stereocenters. The summed E-state index contributed by atoms with van der Waals surface area (Å²) >= 11 is 0. The van der Waals surface area contributed by atoms with Crippen LogP contribution in [-0.2, 0) is 15.4 Å². The highest BCUT2D eigenvalue weighted by Crippen LogP contribution is 2.35. The van der Waals surface area contributed by atoms with E-state index in [1.54, 1.807) is 24.3 Å². The summed E-state index contributed by atoms with van der Waals surface area (Å²) in [4.78, 5) is 16.9. The molecular weight excluding hydrogens is 496 g/mol. The third kappa shape index (κ3) is 5.47. The quantitative estimate of drug-likeness (QED) is 0.267. The molecule has 1 aliphatic rings. The van der Waals surface area contributed by atoms with Gasteiger partial charge in [0.25, 0.3) is 15.9 Å². The molecule has 4 aromatic rings. The number of anilines is 1. The van der Waals surface area contributed by atoms with E-state index in [1.165, 1.54) is 0 Å². The van der Waals surface area contributed by atoms with Gasteiger partial charge in [-0.15, -0.1) is 0 Å². The molecule has 1 saturated heterocycles. The molecule has 5 rings (SSSR count). The summed E-state index contributed by atoms with van der Waals surface area (Å²) in [6.07, 6.45) is 1.77. The van der Waals surface area contributed by atoms with E-state index in [2.05, 4.69) is 41.1 Å². The molecule has 1 aliphatic heterocycles. The Balaban J connectivity index is 1.50. The number of nitrogens with one attached hydrogen (secondary N) is 4. The predicted molar refractivity (Wildman–Crippen MR) is 153 cm³/mol. The van der Waals surface area contributed by atoms with Gasteiger partial charge in [-0.1, -0.05) is 63.2 Å². The Hall–Kier alpha value is -3.62. The monoisotopic (exact) mass is 530 g/mol. The van der Waals surface area contributed by atoms with Crippen LogP contribution in [0.2, 0.25) is 0 Å². The first-order chi connectivity index (χ1) is 18.1. The Kier molecular flexibility index (Phi) is 7.03. The van der Waals surface area contributed by atoms with Crippen molar-refractivity contribution in [3.63, 3.8) is 0 Å². The van der Waals surface area contributed by atoms with Crippen LogP contribution in [0.1, 0.15) is 49.7 Å². The average molecular weight is 531 g/mol. The molecular formula is C30H34N4O3S. The third-order valence-electron chi connectivity index (χ3n) is 7.05. The highest BCUT2D eigenvalue weighted by Gasteiger charge is 2.24. The summed E-state index contributed by atoms with van der Waals surface area (Å²) in [6, 6.07) is 22.1. The van der Waals surface area contributed by atoms with Crippen LogP contribution in [0.3, 0.4) is 0 Å². The second-order valence-corrected chi connectivity index (χ2v) is 12.6. The van der Waals surface area contributed by atoms with Gasteiger partial charge in [-0.2, -0.15) is 0 Å². The van der Waals surface area contributed by atoms with Crippen molar-refractivity contribution in [2.75, 3.05) is 17.8 Å². The summed E-state index contributed by atoms with van der Waals surface area (Å²) in [7, 11) is -3.80. The number of benzene rings is 3.